The zero-order valence-corrected chi connectivity index (χ0v) is 13.0. The van der Waals surface area contributed by atoms with Gasteiger partial charge in [-0.15, -0.1) is 0 Å². The van der Waals surface area contributed by atoms with Gasteiger partial charge < -0.3 is 20.4 Å². The van der Waals surface area contributed by atoms with E-state index in [4.69, 9.17) is 0 Å². The first-order chi connectivity index (χ1) is 10.8. The molecular formula is C15H21N7. The summed E-state index contributed by atoms with van der Waals surface area (Å²) in [6.07, 6.45) is 1.83. The normalized spacial score (nSPS) is 14.8. The molecule has 0 aromatic carbocycles. The van der Waals surface area contributed by atoms with E-state index in [1.54, 1.807) is 0 Å². The van der Waals surface area contributed by atoms with E-state index in [2.05, 4.69) is 35.4 Å². The molecule has 0 saturated carbocycles. The zero-order chi connectivity index (χ0) is 15.4. The number of anilines is 4. The lowest BCUT2D eigenvalue weighted by Gasteiger charge is -2.35. The van der Waals surface area contributed by atoms with Crippen molar-refractivity contribution in [3.8, 4) is 0 Å². The van der Waals surface area contributed by atoms with Crippen molar-refractivity contribution in [2.24, 2.45) is 0 Å². The fourth-order valence-corrected chi connectivity index (χ4v) is 2.51. The summed E-state index contributed by atoms with van der Waals surface area (Å²) in [6.45, 7) is 3.60. The van der Waals surface area contributed by atoms with Gasteiger partial charge in [-0.25, -0.2) is 4.98 Å². The van der Waals surface area contributed by atoms with E-state index in [9.17, 15) is 0 Å². The molecule has 0 unspecified atom stereocenters. The monoisotopic (exact) mass is 299 g/mol. The van der Waals surface area contributed by atoms with Gasteiger partial charge in [0, 0.05) is 52.5 Å². The van der Waals surface area contributed by atoms with Gasteiger partial charge in [0.25, 0.3) is 0 Å². The van der Waals surface area contributed by atoms with Crippen LogP contribution in [0.4, 0.5) is 23.4 Å². The van der Waals surface area contributed by atoms with Crippen molar-refractivity contribution >= 4 is 23.4 Å². The molecule has 0 bridgehead atoms. The van der Waals surface area contributed by atoms with E-state index in [0.717, 1.165) is 49.6 Å². The van der Waals surface area contributed by atoms with Crippen molar-refractivity contribution < 1.29 is 0 Å². The van der Waals surface area contributed by atoms with Crippen LogP contribution in [0.15, 0.2) is 30.5 Å². The maximum Gasteiger partial charge on any atom is 0.229 e. The maximum atomic E-state index is 4.55. The third-order valence-electron chi connectivity index (χ3n) is 3.76. The van der Waals surface area contributed by atoms with Gasteiger partial charge in [-0.1, -0.05) is 6.07 Å². The number of aromatic nitrogens is 3. The summed E-state index contributed by atoms with van der Waals surface area (Å²) >= 11 is 0. The van der Waals surface area contributed by atoms with Crippen LogP contribution in [-0.2, 0) is 0 Å². The minimum Gasteiger partial charge on any atom is -0.373 e. The van der Waals surface area contributed by atoms with E-state index in [1.165, 1.54) is 0 Å². The van der Waals surface area contributed by atoms with Gasteiger partial charge in [0.05, 0.1) is 0 Å². The number of hydrogen-bond donors (Lipinski definition) is 2. The van der Waals surface area contributed by atoms with Crippen LogP contribution in [0.2, 0.25) is 0 Å². The highest BCUT2D eigenvalue weighted by Gasteiger charge is 2.20. The SMILES string of the molecule is CNc1cc(NC)nc(N2CCN(c3ccccn3)CC2)n1. The second-order valence-electron chi connectivity index (χ2n) is 5.10. The second-order valence-corrected chi connectivity index (χ2v) is 5.10. The predicted octanol–water partition coefficient (Wildman–Crippen LogP) is 1.28. The molecule has 0 amide bonds. The molecule has 0 radical (unpaired) electrons. The van der Waals surface area contributed by atoms with Gasteiger partial charge in [0.2, 0.25) is 5.95 Å². The van der Waals surface area contributed by atoms with Gasteiger partial charge >= 0.3 is 0 Å². The summed E-state index contributed by atoms with van der Waals surface area (Å²) in [5.41, 5.74) is 0. The fourth-order valence-electron chi connectivity index (χ4n) is 2.51. The predicted molar refractivity (Wildman–Crippen MR) is 89.8 cm³/mol. The number of nitrogens with zero attached hydrogens (tertiary/aromatic N) is 5. The van der Waals surface area contributed by atoms with Crippen LogP contribution >= 0.6 is 0 Å². The van der Waals surface area contributed by atoms with E-state index >= 15 is 0 Å². The van der Waals surface area contributed by atoms with E-state index in [1.807, 2.05) is 44.6 Å². The Kier molecular flexibility index (Phi) is 4.22. The molecule has 22 heavy (non-hydrogen) atoms. The molecule has 0 spiro atoms. The summed E-state index contributed by atoms with van der Waals surface area (Å²) < 4.78 is 0. The smallest absolute Gasteiger partial charge is 0.229 e. The van der Waals surface area contributed by atoms with Crippen LogP contribution in [0.25, 0.3) is 0 Å². The molecule has 1 aliphatic heterocycles. The average molecular weight is 299 g/mol. The lowest BCUT2D eigenvalue weighted by molar-refractivity contribution is 0.635. The average Bonchev–Trinajstić information content (AvgIpc) is 2.62. The largest absolute Gasteiger partial charge is 0.373 e. The number of piperazine rings is 1. The molecule has 2 aromatic heterocycles. The Labute approximate surface area is 130 Å². The zero-order valence-electron chi connectivity index (χ0n) is 13.0. The van der Waals surface area contributed by atoms with E-state index < -0.39 is 0 Å². The highest BCUT2D eigenvalue weighted by Crippen LogP contribution is 2.19. The van der Waals surface area contributed by atoms with Gasteiger partial charge in [-0.2, -0.15) is 9.97 Å². The molecule has 1 saturated heterocycles. The molecule has 1 aliphatic rings. The molecule has 2 aromatic rings. The minimum absolute atomic E-state index is 0.761. The Morgan fingerprint density at radius 3 is 2.09 bits per heavy atom. The van der Waals surface area contributed by atoms with Gasteiger partial charge in [-0.3, -0.25) is 0 Å². The van der Waals surface area contributed by atoms with Crippen molar-refractivity contribution in [1.82, 2.24) is 15.0 Å². The number of nitrogens with one attached hydrogen (secondary N) is 2. The van der Waals surface area contributed by atoms with Crippen LogP contribution < -0.4 is 20.4 Å². The van der Waals surface area contributed by atoms with Crippen LogP contribution in [0.1, 0.15) is 0 Å². The maximum absolute atomic E-state index is 4.55. The molecule has 2 N–H and O–H groups in total. The molecule has 1 fully saturated rings. The van der Waals surface area contributed by atoms with Gasteiger partial charge in [0.15, 0.2) is 0 Å². The number of rotatable bonds is 4. The Hall–Kier alpha value is -2.57. The lowest BCUT2D eigenvalue weighted by atomic mass is 10.3. The molecule has 3 heterocycles. The van der Waals surface area contributed by atoms with Crippen molar-refractivity contribution in [2.45, 2.75) is 0 Å². The second kappa shape index (κ2) is 6.46. The van der Waals surface area contributed by atoms with Crippen LogP contribution in [0.5, 0.6) is 0 Å². The topological polar surface area (TPSA) is 69.2 Å². The minimum atomic E-state index is 0.761. The quantitative estimate of drug-likeness (QED) is 0.881. The van der Waals surface area contributed by atoms with Crippen molar-refractivity contribution in [2.75, 3.05) is 60.7 Å². The van der Waals surface area contributed by atoms with E-state index in [-0.39, 0.29) is 0 Å². The molecule has 3 rings (SSSR count). The summed E-state index contributed by atoms with van der Waals surface area (Å²) in [6, 6.07) is 7.91. The third-order valence-corrected chi connectivity index (χ3v) is 3.76. The standard InChI is InChI=1S/C15H21N7/c1-16-12-11-13(17-2)20-15(19-12)22-9-7-21(8-10-22)14-5-3-4-6-18-14/h3-6,11H,7-10H2,1-2H3,(H2,16,17,19,20). The van der Waals surface area contributed by atoms with Crippen molar-refractivity contribution in [3.63, 3.8) is 0 Å². The molecule has 7 nitrogen and oxygen atoms in total. The molecular weight excluding hydrogens is 278 g/mol. The van der Waals surface area contributed by atoms with E-state index in [0.29, 0.717) is 0 Å². The first-order valence-corrected chi connectivity index (χ1v) is 7.45. The third kappa shape index (κ3) is 3.03. The Morgan fingerprint density at radius 1 is 0.909 bits per heavy atom. The fraction of sp³-hybridized carbons (Fsp3) is 0.400. The van der Waals surface area contributed by atoms with Crippen LogP contribution in [-0.4, -0.2) is 55.2 Å². The first-order valence-electron chi connectivity index (χ1n) is 7.45. The number of pyridine rings is 1. The molecule has 0 aliphatic carbocycles. The Bertz CT molecular complexity index is 586. The molecule has 116 valence electrons. The molecule has 7 heteroatoms. The summed E-state index contributed by atoms with van der Waals surface area (Å²) in [5.74, 6) is 3.43. The highest BCUT2D eigenvalue weighted by molar-refractivity contribution is 5.53. The van der Waals surface area contributed by atoms with Crippen molar-refractivity contribution in [3.05, 3.63) is 30.5 Å². The molecule has 0 atom stereocenters. The Balaban J connectivity index is 1.71. The summed E-state index contributed by atoms with van der Waals surface area (Å²) in [5, 5.41) is 6.16. The number of hydrogen-bond acceptors (Lipinski definition) is 7. The summed E-state index contributed by atoms with van der Waals surface area (Å²) in [7, 11) is 3.73. The Morgan fingerprint density at radius 2 is 1.55 bits per heavy atom. The lowest BCUT2D eigenvalue weighted by Crippen LogP contribution is -2.47. The first kappa shape index (κ1) is 14.4. The van der Waals surface area contributed by atoms with Crippen LogP contribution in [0.3, 0.4) is 0 Å². The van der Waals surface area contributed by atoms with Crippen molar-refractivity contribution in [1.29, 1.82) is 0 Å². The van der Waals surface area contributed by atoms with Crippen LogP contribution in [0, 0.1) is 0 Å². The van der Waals surface area contributed by atoms with Gasteiger partial charge in [0.1, 0.15) is 17.5 Å². The van der Waals surface area contributed by atoms with Gasteiger partial charge in [-0.05, 0) is 12.1 Å². The highest BCUT2D eigenvalue weighted by atomic mass is 15.3. The summed E-state index contributed by atoms with van der Waals surface area (Å²) in [4.78, 5) is 18.0.